The van der Waals surface area contributed by atoms with Crippen molar-refractivity contribution in [2.75, 3.05) is 0 Å². The average molecular weight is 414 g/mol. The summed E-state index contributed by atoms with van der Waals surface area (Å²) in [6.45, 7) is 2.19. The Morgan fingerprint density at radius 2 is 1.26 bits per heavy atom. The minimum Gasteiger partial charge on any atom is -0.352 e. The summed E-state index contributed by atoms with van der Waals surface area (Å²) < 4.78 is 4.08. The van der Waals surface area contributed by atoms with Crippen molar-refractivity contribution >= 4 is 5.91 Å². The molecule has 158 valence electrons. The highest BCUT2D eigenvalue weighted by atomic mass is 16.1. The Bertz CT molecular complexity index is 1050. The average Bonchev–Trinajstić information content (AvgIpc) is 3.49. The van der Waals surface area contributed by atoms with Gasteiger partial charge in [0, 0.05) is 50.8 Å². The highest BCUT2D eigenvalue weighted by molar-refractivity contribution is 5.75. The van der Waals surface area contributed by atoms with E-state index in [4.69, 9.17) is 0 Å². The van der Waals surface area contributed by atoms with Crippen LogP contribution >= 0.6 is 0 Å². The van der Waals surface area contributed by atoms with Gasteiger partial charge in [-0.15, -0.1) is 0 Å². The number of aromatic nitrogens is 4. The molecule has 0 bridgehead atoms. The Balaban J connectivity index is 1.15. The zero-order chi connectivity index (χ0) is 21.3. The lowest BCUT2D eigenvalue weighted by molar-refractivity contribution is -0.121. The second-order valence-corrected chi connectivity index (χ2v) is 7.73. The summed E-state index contributed by atoms with van der Waals surface area (Å²) in [5.41, 5.74) is 4.83. The molecule has 2 aromatic heterocycles. The van der Waals surface area contributed by atoms with Crippen molar-refractivity contribution in [1.29, 1.82) is 0 Å². The van der Waals surface area contributed by atoms with Gasteiger partial charge in [-0.2, -0.15) is 0 Å². The normalized spacial score (nSPS) is 10.8. The van der Waals surface area contributed by atoms with E-state index in [1.54, 1.807) is 12.4 Å². The third-order valence-electron chi connectivity index (χ3n) is 5.25. The minimum atomic E-state index is 0.0965. The van der Waals surface area contributed by atoms with E-state index in [1.807, 2.05) is 34.2 Å². The van der Waals surface area contributed by atoms with Crippen molar-refractivity contribution in [3.05, 3.63) is 108 Å². The number of hydrogen-bond acceptors (Lipinski definition) is 3. The van der Waals surface area contributed by atoms with Crippen LogP contribution in [0.1, 0.15) is 35.1 Å². The van der Waals surface area contributed by atoms with Crippen LogP contribution in [0.4, 0.5) is 0 Å². The van der Waals surface area contributed by atoms with Crippen molar-refractivity contribution in [2.24, 2.45) is 0 Å². The molecule has 4 rings (SSSR count). The predicted molar refractivity (Wildman–Crippen MR) is 120 cm³/mol. The van der Waals surface area contributed by atoms with Crippen LogP contribution < -0.4 is 5.32 Å². The molecule has 6 heteroatoms. The molecule has 0 atom stereocenters. The number of aryl methyl sites for hydroxylation is 1. The molecule has 31 heavy (non-hydrogen) atoms. The number of hydrogen-bond donors (Lipinski definition) is 1. The summed E-state index contributed by atoms with van der Waals surface area (Å²) in [4.78, 5) is 20.3. The molecule has 1 N–H and O–H groups in total. The van der Waals surface area contributed by atoms with Crippen molar-refractivity contribution in [3.63, 3.8) is 0 Å². The highest BCUT2D eigenvalue weighted by Gasteiger charge is 2.03. The van der Waals surface area contributed by atoms with E-state index < -0.39 is 0 Å². The molecule has 0 aliphatic carbocycles. The van der Waals surface area contributed by atoms with E-state index in [1.165, 1.54) is 16.7 Å². The maximum absolute atomic E-state index is 12.2. The van der Waals surface area contributed by atoms with Crippen LogP contribution in [0.5, 0.6) is 0 Å². The van der Waals surface area contributed by atoms with Gasteiger partial charge in [0.05, 0.1) is 12.7 Å². The number of nitrogens with one attached hydrogen (secondary N) is 1. The van der Waals surface area contributed by atoms with Crippen LogP contribution in [0.2, 0.25) is 0 Å². The molecule has 0 saturated carbocycles. The van der Waals surface area contributed by atoms with Crippen LogP contribution in [0, 0.1) is 0 Å². The van der Waals surface area contributed by atoms with Gasteiger partial charge in [-0.25, -0.2) is 9.97 Å². The molecule has 1 amide bonds. The van der Waals surface area contributed by atoms with Crippen LogP contribution in [0.3, 0.4) is 0 Å². The first-order valence-electron chi connectivity index (χ1n) is 10.6. The van der Waals surface area contributed by atoms with E-state index in [2.05, 4.69) is 63.8 Å². The largest absolute Gasteiger partial charge is 0.352 e. The fourth-order valence-corrected chi connectivity index (χ4v) is 3.50. The number of benzene rings is 2. The van der Waals surface area contributed by atoms with Gasteiger partial charge in [0.25, 0.3) is 0 Å². The summed E-state index contributed by atoms with van der Waals surface area (Å²) in [5.74, 6) is 0.0965. The first-order chi connectivity index (χ1) is 15.2. The molecule has 2 aromatic carbocycles. The number of nitrogens with zero attached hydrogens (tertiary/aromatic N) is 4. The molecule has 6 nitrogen and oxygen atoms in total. The van der Waals surface area contributed by atoms with Gasteiger partial charge in [-0.3, -0.25) is 4.79 Å². The fraction of sp³-hybridized carbons (Fsp3) is 0.240. The van der Waals surface area contributed by atoms with Crippen LogP contribution in [0.15, 0.2) is 86.0 Å². The molecular formula is C25H27N5O. The number of carbonyl (C=O) groups is 1. The van der Waals surface area contributed by atoms with Crippen LogP contribution in [-0.2, 0) is 30.8 Å². The maximum Gasteiger partial charge on any atom is 0.220 e. The Morgan fingerprint density at radius 3 is 1.77 bits per heavy atom. The van der Waals surface area contributed by atoms with Crippen molar-refractivity contribution < 1.29 is 4.79 Å². The highest BCUT2D eigenvalue weighted by Crippen LogP contribution is 2.10. The van der Waals surface area contributed by atoms with Crippen LogP contribution in [0.25, 0.3) is 0 Å². The molecule has 0 aliphatic heterocycles. The van der Waals surface area contributed by atoms with Gasteiger partial charge in [-0.1, -0.05) is 48.5 Å². The number of imidazole rings is 2. The fourth-order valence-electron chi connectivity index (χ4n) is 3.50. The lowest BCUT2D eigenvalue weighted by atomic mass is 10.1. The van der Waals surface area contributed by atoms with Crippen molar-refractivity contribution in [3.8, 4) is 0 Å². The molecule has 0 unspecified atom stereocenters. The molecule has 0 fully saturated rings. The molecule has 0 radical (unpaired) electrons. The minimum absolute atomic E-state index is 0.0965. The third-order valence-corrected chi connectivity index (χ3v) is 5.25. The molecular weight excluding hydrogens is 386 g/mol. The summed E-state index contributed by atoms with van der Waals surface area (Å²) in [6.07, 6.45) is 13.4. The smallest absolute Gasteiger partial charge is 0.220 e. The topological polar surface area (TPSA) is 64.7 Å². The number of amides is 1. The maximum atomic E-state index is 12.2. The van der Waals surface area contributed by atoms with Gasteiger partial charge in [0.1, 0.15) is 0 Å². The second kappa shape index (κ2) is 10.4. The summed E-state index contributed by atoms with van der Waals surface area (Å²) in [5, 5.41) is 3.02. The summed E-state index contributed by atoms with van der Waals surface area (Å²) >= 11 is 0. The molecule has 4 aromatic rings. The Kier molecular flexibility index (Phi) is 6.90. The SMILES string of the molecule is O=C(CCCc1ccc(Cn2ccnc2)cc1)NCc1ccc(Cn2ccnc2)cc1. The lowest BCUT2D eigenvalue weighted by Gasteiger charge is -2.08. The third kappa shape index (κ3) is 6.40. The summed E-state index contributed by atoms with van der Waals surface area (Å²) in [6, 6.07) is 16.9. The quantitative estimate of drug-likeness (QED) is 0.430. The van der Waals surface area contributed by atoms with E-state index in [0.29, 0.717) is 13.0 Å². The lowest BCUT2D eigenvalue weighted by Crippen LogP contribution is -2.22. The van der Waals surface area contributed by atoms with Gasteiger partial charge >= 0.3 is 0 Å². The number of carbonyl (C=O) groups excluding carboxylic acids is 1. The predicted octanol–water partition coefficient (Wildman–Crippen LogP) is 3.82. The van der Waals surface area contributed by atoms with Gasteiger partial charge in [0.2, 0.25) is 5.91 Å². The second-order valence-electron chi connectivity index (χ2n) is 7.73. The Hall–Kier alpha value is -3.67. The van der Waals surface area contributed by atoms with E-state index in [0.717, 1.165) is 31.5 Å². The van der Waals surface area contributed by atoms with E-state index >= 15 is 0 Å². The monoisotopic (exact) mass is 413 g/mol. The van der Waals surface area contributed by atoms with Gasteiger partial charge in [-0.05, 0) is 35.1 Å². The summed E-state index contributed by atoms with van der Waals surface area (Å²) in [7, 11) is 0. The molecule has 2 heterocycles. The molecule has 0 spiro atoms. The van der Waals surface area contributed by atoms with Crippen molar-refractivity contribution in [1.82, 2.24) is 24.4 Å². The zero-order valence-electron chi connectivity index (χ0n) is 17.5. The zero-order valence-corrected chi connectivity index (χ0v) is 17.5. The van der Waals surface area contributed by atoms with Gasteiger partial charge < -0.3 is 14.5 Å². The Morgan fingerprint density at radius 1 is 0.742 bits per heavy atom. The van der Waals surface area contributed by atoms with E-state index in [-0.39, 0.29) is 5.91 Å². The standard InChI is InChI=1S/C25H27N5O/c31-25(28-16-22-6-10-24(11-7-22)18-30-15-13-27-20-30)3-1-2-21-4-8-23(9-5-21)17-29-14-12-26-19-29/h4-15,19-20H,1-3,16-18H2,(H,28,31). The Labute approximate surface area is 182 Å². The van der Waals surface area contributed by atoms with Crippen molar-refractivity contribution in [2.45, 2.75) is 38.9 Å². The van der Waals surface area contributed by atoms with E-state index in [9.17, 15) is 4.79 Å². The first kappa shape index (κ1) is 20.6. The first-order valence-corrected chi connectivity index (χ1v) is 10.6. The number of rotatable bonds is 10. The van der Waals surface area contributed by atoms with Gasteiger partial charge in [0.15, 0.2) is 0 Å². The molecule has 0 aliphatic rings. The molecule has 0 saturated heterocycles. The van der Waals surface area contributed by atoms with Crippen LogP contribution in [-0.4, -0.2) is 25.0 Å².